The minimum absolute atomic E-state index is 0.126. The fraction of sp³-hybridized carbons (Fsp3) is 0.267. The van der Waals surface area contributed by atoms with Crippen LogP contribution in [0.2, 0.25) is 5.02 Å². The molecule has 0 saturated heterocycles. The van der Waals surface area contributed by atoms with E-state index in [0.717, 1.165) is 17.5 Å². The lowest BCUT2D eigenvalue weighted by atomic mass is 10.1. The van der Waals surface area contributed by atoms with Crippen molar-refractivity contribution in [2.24, 2.45) is 5.73 Å². The van der Waals surface area contributed by atoms with E-state index in [1.165, 1.54) is 0 Å². The van der Waals surface area contributed by atoms with Gasteiger partial charge in [-0.15, -0.1) is 0 Å². The van der Waals surface area contributed by atoms with Crippen molar-refractivity contribution in [2.75, 3.05) is 0 Å². The summed E-state index contributed by atoms with van der Waals surface area (Å²) in [5.41, 5.74) is 7.88. The summed E-state index contributed by atoms with van der Waals surface area (Å²) in [4.78, 5) is 4.34. The van der Waals surface area contributed by atoms with Crippen LogP contribution < -0.4 is 10.5 Å². The number of aryl methyl sites for hydroxylation is 1. The fourth-order valence-corrected chi connectivity index (χ4v) is 2.03. The van der Waals surface area contributed by atoms with Gasteiger partial charge in [-0.2, -0.15) is 0 Å². The first kappa shape index (κ1) is 13.8. The predicted molar refractivity (Wildman–Crippen MR) is 77.9 cm³/mol. The molecule has 4 heteroatoms. The molecule has 19 heavy (non-hydrogen) atoms. The maximum Gasteiger partial charge on any atom is 0.222 e. The monoisotopic (exact) mass is 276 g/mol. The minimum Gasteiger partial charge on any atom is -0.439 e. The molecule has 1 aromatic heterocycles. The third-order valence-electron chi connectivity index (χ3n) is 2.66. The van der Waals surface area contributed by atoms with E-state index in [-0.39, 0.29) is 6.04 Å². The maximum atomic E-state index is 5.92. The Balaban J connectivity index is 2.17. The third kappa shape index (κ3) is 3.94. The number of halogens is 1. The van der Waals surface area contributed by atoms with Crippen molar-refractivity contribution in [3.63, 3.8) is 0 Å². The average molecular weight is 277 g/mol. The van der Waals surface area contributed by atoms with Crippen molar-refractivity contribution in [2.45, 2.75) is 26.3 Å². The first-order valence-electron chi connectivity index (χ1n) is 6.19. The highest BCUT2D eigenvalue weighted by Crippen LogP contribution is 2.25. The summed E-state index contributed by atoms with van der Waals surface area (Å²) >= 11 is 5.92. The minimum atomic E-state index is 0.126. The van der Waals surface area contributed by atoms with Crippen molar-refractivity contribution in [1.82, 2.24) is 4.98 Å². The van der Waals surface area contributed by atoms with Gasteiger partial charge in [-0.25, -0.2) is 4.98 Å². The number of ether oxygens (including phenoxy) is 1. The lowest BCUT2D eigenvalue weighted by molar-refractivity contribution is 0.458. The Labute approximate surface area is 118 Å². The quantitative estimate of drug-likeness (QED) is 0.926. The first-order valence-corrected chi connectivity index (χ1v) is 6.57. The van der Waals surface area contributed by atoms with Crippen LogP contribution in [0.15, 0.2) is 36.5 Å². The molecule has 2 N–H and O–H groups in total. The van der Waals surface area contributed by atoms with Crippen molar-refractivity contribution in [3.05, 3.63) is 52.7 Å². The second-order valence-corrected chi connectivity index (χ2v) is 5.14. The summed E-state index contributed by atoms with van der Waals surface area (Å²) < 4.78 is 5.72. The van der Waals surface area contributed by atoms with Crippen LogP contribution in [0.5, 0.6) is 11.6 Å². The van der Waals surface area contributed by atoms with Crippen LogP contribution in [0.25, 0.3) is 0 Å². The van der Waals surface area contributed by atoms with E-state index >= 15 is 0 Å². The Morgan fingerprint density at radius 3 is 2.79 bits per heavy atom. The number of rotatable bonds is 4. The Morgan fingerprint density at radius 2 is 2.16 bits per heavy atom. The van der Waals surface area contributed by atoms with Gasteiger partial charge in [-0.1, -0.05) is 17.7 Å². The largest absolute Gasteiger partial charge is 0.439 e. The Morgan fingerprint density at radius 1 is 1.37 bits per heavy atom. The number of pyridine rings is 1. The molecule has 1 heterocycles. The number of nitrogens with zero attached hydrogens (tertiary/aromatic N) is 1. The Hall–Kier alpha value is -1.58. The Bertz CT molecular complexity index is 570. The molecule has 0 aliphatic rings. The zero-order valence-corrected chi connectivity index (χ0v) is 11.8. The number of nitrogens with two attached hydrogens (primary N) is 1. The normalized spacial score (nSPS) is 12.2. The topological polar surface area (TPSA) is 48.1 Å². The van der Waals surface area contributed by atoms with E-state index in [2.05, 4.69) is 11.1 Å². The lowest BCUT2D eigenvalue weighted by Crippen LogP contribution is -2.17. The summed E-state index contributed by atoms with van der Waals surface area (Å²) in [6.07, 6.45) is 2.61. The van der Waals surface area contributed by atoms with Crippen molar-refractivity contribution < 1.29 is 4.74 Å². The van der Waals surface area contributed by atoms with Gasteiger partial charge in [0.2, 0.25) is 5.88 Å². The maximum absolute atomic E-state index is 5.92. The third-order valence-corrected chi connectivity index (χ3v) is 2.89. The SMILES string of the molecule is Cc1cc(CC(C)N)cnc1Oc1cccc(Cl)c1. The number of aromatic nitrogens is 1. The molecule has 0 fully saturated rings. The van der Waals surface area contributed by atoms with Crippen LogP contribution in [0.3, 0.4) is 0 Å². The second kappa shape index (κ2) is 6.04. The summed E-state index contributed by atoms with van der Waals surface area (Å²) in [6, 6.07) is 9.44. The molecule has 0 spiro atoms. The van der Waals surface area contributed by atoms with E-state index in [0.29, 0.717) is 16.7 Å². The van der Waals surface area contributed by atoms with Crippen LogP contribution in [-0.2, 0) is 6.42 Å². The van der Waals surface area contributed by atoms with E-state index < -0.39 is 0 Å². The van der Waals surface area contributed by atoms with Crippen LogP contribution >= 0.6 is 11.6 Å². The molecular formula is C15H17ClN2O. The molecule has 0 amide bonds. The fourth-order valence-electron chi connectivity index (χ4n) is 1.85. The summed E-state index contributed by atoms with van der Waals surface area (Å²) in [7, 11) is 0. The molecule has 0 aliphatic heterocycles. The smallest absolute Gasteiger partial charge is 0.222 e. The second-order valence-electron chi connectivity index (χ2n) is 4.71. The average Bonchev–Trinajstić information content (AvgIpc) is 2.32. The lowest BCUT2D eigenvalue weighted by Gasteiger charge is -2.10. The number of hydrogen-bond donors (Lipinski definition) is 1. The van der Waals surface area contributed by atoms with E-state index in [1.54, 1.807) is 18.3 Å². The van der Waals surface area contributed by atoms with Gasteiger partial charge in [0, 0.05) is 22.8 Å². The molecule has 0 radical (unpaired) electrons. The highest BCUT2D eigenvalue weighted by atomic mass is 35.5. The Kier molecular flexibility index (Phi) is 4.40. The molecule has 1 atom stereocenters. The zero-order chi connectivity index (χ0) is 13.8. The first-order chi connectivity index (χ1) is 9.04. The summed E-state index contributed by atoms with van der Waals surface area (Å²) in [5.74, 6) is 1.28. The zero-order valence-electron chi connectivity index (χ0n) is 11.1. The van der Waals surface area contributed by atoms with Crippen LogP contribution in [-0.4, -0.2) is 11.0 Å². The van der Waals surface area contributed by atoms with E-state index in [1.807, 2.05) is 26.0 Å². The van der Waals surface area contributed by atoms with E-state index in [4.69, 9.17) is 22.1 Å². The van der Waals surface area contributed by atoms with Crippen LogP contribution in [0.1, 0.15) is 18.1 Å². The van der Waals surface area contributed by atoms with Gasteiger partial charge in [0.05, 0.1) is 0 Å². The summed E-state index contributed by atoms with van der Waals surface area (Å²) in [5, 5.41) is 0.642. The van der Waals surface area contributed by atoms with E-state index in [9.17, 15) is 0 Å². The molecular weight excluding hydrogens is 260 g/mol. The van der Waals surface area contributed by atoms with Gasteiger partial charge in [-0.05, 0) is 50.1 Å². The van der Waals surface area contributed by atoms with Crippen molar-refractivity contribution >= 4 is 11.6 Å². The molecule has 1 aromatic carbocycles. The van der Waals surface area contributed by atoms with Crippen molar-refractivity contribution in [3.8, 4) is 11.6 Å². The van der Waals surface area contributed by atoms with Gasteiger partial charge in [0.1, 0.15) is 5.75 Å². The van der Waals surface area contributed by atoms with Gasteiger partial charge >= 0.3 is 0 Å². The number of benzene rings is 1. The highest BCUT2D eigenvalue weighted by molar-refractivity contribution is 6.30. The van der Waals surface area contributed by atoms with Gasteiger partial charge in [-0.3, -0.25) is 0 Å². The van der Waals surface area contributed by atoms with Crippen LogP contribution in [0.4, 0.5) is 0 Å². The molecule has 2 rings (SSSR count). The van der Waals surface area contributed by atoms with Crippen LogP contribution in [0, 0.1) is 6.92 Å². The van der Waals surface area contributed by atoms with Gasteiger partial charge in [0.15, 0.2) is 0 Å². The molecule has 2 aromatic rings. The predicted octanol–water partition coefficient (Wildman–Crippen LogP) is 3.73. The molecule has 3 nitrogen and oxygen atoms in total. The molecule has 100 valence electrons. The van der Waals surface area contributed by atoms with Crippen molar-refractivity contribution in [1.29, 1.82) is 0 Å². The summed E-state index contributed by atoms with van der Waals surface area (Å²) in [6.45, 7) is 3.95. The number of hydrogen-bond acceptors (Lipinski definition) is 3. The van der Waals surface area contributed by atoms with Gasteiger partial charge in [0.25, 0.3) is 0 Å². The van der Waals surface area contributed by atoms with Gasteiger partial charge < -0.3 is 10.5 Å². The molecule has 0 aliphatic carbocycles. The molecule has 0 saturated carbocycles. The highest BCUT2D eigenvalue weighted by Gasteiger charge is 2.06. The molecule has 1 unspecified atom stereocenters. The standard InChI is InChI=1S/C15H17ClN2O/c1-10-6-12(7-11(2)17)9-18-15(10)19-14-5-3-4-13(16)8-14/h3-6,8-9,11H,7,17H2,1-2H3. The molecule has 0 bridgehead atoms.